The van der Waals surface area contributed by atoms with Crippen LogP contribution in [0.1, 0.15) is 57.4 Å². The van der Waals surface area contributed by atoms with Gasteiger partial charge in [-0.15, -0.1) is 0 Å². The van der Waals surface area contributed by atoms with E-state index in [1.54, 1.807) is 26.2 Å². The minimum Gasteiger partial charge on any atom is -0.497 e. The Morgan fingerprint density at radius 2 is 1.74 bits per heavy atom. The van der Waals surface area contributed by atoms with Gasteiger partial charge >= 0.3 is 0 Å². The molecule has 2 saturated heterocycles. The van der Waals surface area contributed by atoms with Gasteiger partial charge in [0, 0.05) is 19.5 Å². The molecule has 0 spiro atoms. The summed E-state index contributed by atoms with van der Waals surface area (Å²) in [6, 6.07) is 6.36. The highest BCUT2D eigenvalue weighted by Crippen LogP contribution is 2.42. The second-order valence-corrected chi connectivity index (χ2v) is 12.9. The lowest BCUT2D eigenvalue weighted by atomic mass is 9.69. The molecular formula is C32H46N4O7. The molecule has 0 aromatic heterocycles. The molecule has 43 heavy (non-hydrogen) atoms. The van der Waals surface area contributed by atoms with Gasteiger partial charge in [0.1, 0.15) is 22.9 Å². The number of nitrogens with two attached hydrogens (primary N) is 1. The predicted molar refractivity (Wildman–Crippen MR) is 158 cm³/mol. The molecule has 2 heterocycles. The Labute approximate surface area is 253 Å². The fourth-order valence-corrected chi connectivity index (χ4v) is 6.68. The Kier molecular flexibility index (Phi) is 9.73. The molecule has 1 aromatic carbocycles. The Morgan fingerprint density at radius 3 is 2.30 bits per heavy atom. The van der Waals surface area contributed by atoms with Crippen molar-refractivity contribution in [3.63, 3.8) is 0 Å². The standard InChI is InChI=1S/C32H46N4O7/c1-31(20-43-31)28(38)25(17-21-5-3-4-6-21)32(30(33)40,18-22-7-11-24(41-2)12-8-22)35-29(39)27(23-9-10-23)34-26(37)19-36-13-15-42-16-14-36/h7-8,11-12,21,23,25,27H,3-6,9-10,13-20H2,1-2H3,(H2,33,40)(H,34,37)(H,35,39)/t25-,27+,31-,32?/m1/s1. The molecule has 1 unspecified atom stereocenters. The number of epoxide rings is 1. The quantitative estimate of drug-likeness (QED) is 0.256. The molecule has 5 rings (SSSR count). The van der Waals surface area contributed by atoms with E-state index in [9.17, 15) is 19.2 Å². The number of ether oxygens (including phenoxy) is 3. The summed E-state index contributed by atoms with van der Waals surface area (Å²) in [5.41, 5.74) is 4.23. The van der Waals surface area contributed by atoms with Crippen LogP contribution in [0.2, 0.25) is 0 Å². The van der Waals surface area contributed by atoms with Crippen LogP contribution in [-0.4, -0.2) is 92.2 Å². The number of hydrogen-bond donors (Lipinski definition) is 3. The normalized spacial score (nSPS) is 25.3. The summed E-state index contributed by atoms with van der Waals surface area (Å²) in [6.07, 6.45) is 6.05. The summed E-state index contributed by atoms with van der Waals surface area (Å²) in [6.45, 7) is 4.57. The van der Waals surface area contributed by atoms with Crippen LogP contribution in [-0.2, 0) is 35.1 Å². The zero-order chi connectivity index (χ0) is 30.6. The van der Waals surface area contributed by atoms with Gasteiger partial charge in [-0.2, -0.15) is 0 Å². The topological polar surface area (TPSA) is 153 Å². The largest absolute Gasteiger partial charge is 0.497 e. The number of carbonyl (C=O) groups excluding carboxylic acids is 4. The first kappa shape index (κ1) is 31.4. The lowest BCUT2D eigenvalue weighted by Crippen LogP contribution is -2.68. The van der Waals surface area contributed by atoms with Crippen LogP contribution in [0.15, 0.2) is 24.3 Å². The van der Waals surface area contributed by atoms with Crippen molar-refractivity contribution in [2.24, 2.45) is 23.5 Å². The number of rotatable bonds is 15. The molecule has 1 aromatic rings. The number of amides is 3. The minimum atomic E-state index is -1.72. The maximum atomic E-state index is 14.2. The number of hydrogen-bond acceptors (Lipinski definition) is 8. The fourth-order valence-electron chi connectivity index (χ4n) is 6.68. The van der Waals surface area contributed by atoms with Crippen molar-refractivity contribution >= 4 is 23.5 Å². The fraction of sp³-hybridized carbons (Fsp3) is 0.688. The molecule has 2 aliphatic carbocycles. The third kappa shape index (κ3) is 7.56. The maximum absolute atomic E-state index is 14.2. The van der Waals surface area contributed by atoms with Crippen LogP contribution in [0.5, 0.6) is 5.75 Å². The van der Waals surface area contributed by atoms with E-state index in [1.165, 1.54) is 0 Å². The monoisotopic (exact) mass is 598 g/mol. The van der Waals surface area contributed by atoms with E-state index in [0.29, 0.717) is 38.5 Å². The van der Waals surface area contributed by atoms with Crippen LogP contribution in [0.4, 0.5) is 0 Å². The summed E-state index contributed by atoms with van der Waals surface area (Å²) in [5, 5.41) is 5.96. The molecule has 11 heteroatoms. The lowest BCUT2D eigenvalue weighted by Gasteiger charge is -2.41. The maximum Gasteiger partial charge on any atom is 0.244 e. The van der Waals surface area contributed by atoms with E-state index in [-0.39, 0.29) is 43.1 Å². The highest BCUT2D eigenvalue weighted by atomic mass is 16.6. The number of nitrogens with zero attached hydrogens (tertiary/aromatic N) is 1. The first-order chi connectivity index (χ1) is 20.6. The highest BCUT2D eigenvalue weighted by molar-refractivity contribution is 6.02. The van der Waals surface area contributed by atoms with Crippen molar-refractivity contribution in [3.8, 4) is 5.75 Å². The van der Waals surface area contributed by atoms with E-state index in [0.717, 1.165) is 44.1 Å². The zero-order valence-corrected chi connectivity index (χ0v) is 25.4. The molecule has 236 valence electrons. The van der Waals surface area contributed by atoms with Crippen molar-refractivity contribution in [1.29, 1.82) is 0 Å². The van der Waals surface area contributed by atoms with Gasteiger partial charge in [0.2, 0.25) is 17.7 Å². The molecule has 4 aliphatic rings. The van der Waals surface area contributed by atoms with Crippen LogP contribution in [0, 0.1) is 17.8 Å². The summed E-state index contributed by atoms with van der Waals surface area (Å²) in [5.74, 6) is -1.80. The molecule has 2 saturated carbocycles. The van der Waals surface area contributed by atoms with Crippen molar-refractivity contribution in [2.75, 3.05) is 46.6 Å². The smallest absolute Gasteiger partial charge is 0.244 e. The van der Waals surface area contributed by atoms with Gasteiger partial charge in [-0.3, -0.25) is 24.1 Å². The molecular weight excluding hydrogens is 552 g/mol. The number of Topliss-reactive ketones (excluding diaryl/α,β-unsaturated/α-hetero) is 1. The molecule has 4 fully saturated rings. The van der Waals surface area contributed by atoms with E-state index in [2.05, 4.69) is 10.6 Å². The number of benzene rings is 1. The molecule has 0 bridgehead atoms. The first-order valence-corrected chi connectivity index (χ1v) is 15.7. The summed E-state index contributed by atoms with van der Waals surface area (Å²) in [4.78, 5) is 57.1. The Balaban J connectivity index is 1.46. The summed E-state index contributed by atoms with van der Waals surface area (Å²) in [7, 11) is 1.57. The Morgan fingerprint density at radius 1 is 1.09 bits per heavy atom. The molecule has 11 nitrogen and oxygen atoms in total. The van der Waals surface area contributed by atoms with Gasteiger partial charge in [0.15, 0.2) is 5.78 Å². The van der Waals surface area contributed by atoms with Crippen molar-refractivity contribution in [3.05, 3.63) is 29.8 Å². The molecule has 3 amide bonds. The Bertz CT molecular complexity index is 1170. The minimum absolute atomic E-state index is 0.0242. The summed E-state index contributed by atoms with van der Waals surface area (Å²) < 4.78 is 16.3. The van der Waals surface area contributed by atoms with E-state index < -0.39 is 34.9 Å². The molecule has 0 radical (unpaired) electrons. The van der Waals surface area contributed by atoms with Gasteiger partial charge in [-0.25, -0.2) is 0 Å². The van der Waals surface area contributed by atoms with Crippen molar-refractivity contribution < 1.29 is 33.4 Å². The molecule has 4 N–H and O–H groups in total. The average molecular weight is 599 g/mol. The number of nitrogens with one attached hydrogen (secondary N) is 2. The van der Waals surface area contributed by atoms with Gasteiger partial charge < -0.3 is 30.6 Å². The first-order valence-electron chi connectivity index (χ1n) is 15.7. The highest BCUT2D eigenvalue weighted by Gasteiger charge is 2.58. The van der Waals surface area contributed by atoms with Crippen LogP contribution in [0.25, 0.3) is 0 Å². The van der Waals surface area contributed by atoms with Crippen LogP contribution < -0.4 is 21.1 Å². The van der Waals surface area contributed by atoms with Gasteiger partial charge in [-0.1, -0.05) is 37.8 Å². The number of primary amides is 1. The van der Waals surface area contributed by atoms with E-state index in [4.69, 9.17) is 19.9 Å². The molecule has 2 aliphatic heterocycles. The van der Waals surface area contributed by atoms with Crippen LogP contribution >= 0.6 is 0 Å². The zero-order valence-electron chi connectivity index (χ0n) is 25.4. The third-order valence-corrected chi connectivity index (χ3v) is 9.64. The second kappa shape index (κ2) is 13.3. The SMILES string of the molecule is COc1ccc(CC(NC(=O)[C@@H](NC(=O)CN2CCOCC2)C2CC2)(C(N)=O)[C@H](CC2CCCC2)C(=O)[C@@]2(C)CO2)cc1. The van der Waals surface area contributed by atoms with E-state index in [1.807, 2.05) is 17.0 Å². The van der Waals surface area contributed by atoms with E-state index >= 15 is 0 Å². The average Bonchev–Trinajstić information content (AvgIpc) is 3.93. The predicted octanol–water partition coefficient (Wildman–Crippen LogP) is 1.36. The van der Waals surface area contributed by atoms with Gasteiger partial charge in [0.25, 0.3) is 0 Å². The summed E-state index contributed by atoms with van der Waals surface area (Å²) >= 11 is 0. The number of carbonyl (C=O) groups is 4. The van der Waals surface area contributed by atoms with Gasteiger partial charge in [-0.05, 0) is 55.7 Å². The van der Waals surface area contributed by atoms with Gasteiger partial charge in [0.05, 0.1) is 39.4 Å². The van der Waals surface area contributed by atoms with Crippen molar-refractivity contribution in [2.45, 2.75) is 75.5 Å². The second-order valence-electron chi connectivity index (χ2n) is 12.9. The lowest BCUT2D eigenvalue weighted by molar-refractivity contribution is -0.143. The number of morpholine rings is 1. The molecule has 4 atom stereocenters. The van der Waals surface area contributed by atoms with Crippen LogP contribution in [0.3, 0.4) is 0 Å². The number of methoxy groups -OCH3 is 1. The Hall–Kier alpha value is -3.02. The number of ketones is 1. The third-order valence-electron chi connectivity index (χ3n) is 9.64. The van der Waals surface area contributed by atoms with Crippen molar-refractivity contribution in [1.82, 2.24) is 15.5 Å².